The molecule has 1 aliphatic rings. The summed E-state index contributed by atoms with van der Waals surface area (Å²) in [4.78, 5) is 0. The molecular weight excluding hydrogens is 198 g/mol. The third kappa shape index (κ3) is 3.06. The van der Waals surface area contributed by atoms with Crippen LogP contribution in [0.2, 0.25) is 0 Å². The van der Waals surface area contributed by atoms with Gasteiger partial charge >= 0.3 is 0 Å². The average molecular weight is 219 g/mol. The molecular formula is C14H21NO. The largest absolute Gasteiger partial charge is 0.388 e. The second kappa shape index (κ2) is 5.46. The highest BCUT2D eigenvalue weighted by molar-refractivity contribution is 5.17. The zero-order valence-corrected chi connectivity index (χ0v) is 9.89. The Kier molecular flexibility index (Phi) is 3.97. The van der Waals surface area contributed by atoms with Crippen LogP contribution in [-0.2, 0) is 0 Å². The molecule has 0 saturated carbocycles. The maximum atomic E-state index is 10.1. The van der Waals surface area contributed by atoms with Crippen molar-refractivity contribution in [1.82, 2.24) is 5.32 Å². The van der Waals surface area contributed by atoms with Crippen molar-refractivity contribution < 1.29 is 5.11 Å². The SMILES string of the molecule is C[C@H]1CCC[C@H](C[C@H](O)c2ccccc2)N1. The van der Waals surface area contributed by atoms with Crippen LogP contribution >= 0.6 is 0 Å². The molecule has 1 heterocycles. The van der Waals surface area contributed by atoms with E-state index in [0.717, 1.165) is 12.0 Å². The molecule has 88 valence electrons. The van der Waals surface area contributed by atoms with Crippen LogP contribution in [0.4, 0.5) is 0 Å². The molecule has 3 atom stereocenters. The Morgan fingerprint density at radius 2 is 2.06 bits per heavy atom. The summed E-state index contributed by atoms with van der Waals surface area (Å²) in [5.74, 6) is 0. The Hall–Kier alpha value is -0.860. The van der Waals surface area contributed by atoms with Gasteiger partial charge in [-0.1, -0.05) is 36.8 Å². The zero-order valence-electron chi connectivity index (χ0n) is 9.89. The van der Waals surface area contributed by atoms with Crippen molar-refractivity contribution in [1.29, 1.82) is 0 Å². The van der Waals surface area contributed by atoms with Crippen LogP contribution in [0.5, 0.6) is 0 Å². The van der Waals surface area contributed by atoms with Crippen molar-refractivity contribution in [2.45, 2.75) is 50.8 Å². The molecule has 1 saturated heterocycles. The molecule has 2 nitrogen and oxygen atoms in total. The number of aliphatic hydroxyl groups excluding tert-OH is 1. The molecule has 2 rings (SSSR count). The lowest BCUT2D eigenvalue weighted by atomic mass is 9.93. The third-order valence-corrected chi connectivity index (χ3v) is 3.40. The monoisotopic (exact) mass is 219 g/mol. The summed E-state index contributed by atoms with van der Waals surface area (Å²) in [6.45, 7) is 2.22. The summed E-state index contributed by atoms with van der Waals surface area (Å²) >= 11 is 0. The predicted octanol–water partition coefficient (Wildman–Crippen LogP) is 2.64. The summed E-state index contributed by atoms with van der Waals surface area (Å²) < 4.78 is 0. The molecule has 1 aromatic rings. The minimum Gasteiger partial charge on any atom is -0.388 e. The summed E-state index contributed by atoms with van der Waals surface area (Å²) in [5.41, 5.74) is 1.03. The van der Waals surface area contributed by atoms with Crippen LogP contribution in [0.25, 0.3) is 0 Å². The van der Waals surface area contributed by atoms with Crippen molar-refractivity contribution in [2.75, 3.05) is 0 Å². The molecule has 2 N–H and O–H groups in total. The fourth-order valence-corrected chi connectivity index (χ4v) is 2.51. The smallest absolute Gasteiger partial charge is 0.0804 e. The van der Waals surface area contributed by atoms with Gasteiger partial charge in [-0.2, -0.15) is 0 Å². The van der Waals surface area contributed by atoms with E-state index in [2.05, 4.69) is 12.2 Å². The number of benzene rings is 1. The standard InChI is InChI=1S/C14H21NO/c1-11-6-5-9-13(15-11)10-14(16)12-7-3-2-4-8-12/h2-4,7-8,11,13-16H,5-6,9-10H2,1H3/t11-,13+,14-/m0/s1. The Bertz CT molecular complexity index is 312. The summed E-state index contributed by atoms with van der Waals surface area (Å²) in [5, 5.41) is 13.7. The Balaban J connectivity index is 1.89. The quantitative estimate of drug-likeness (QED) is 0.819. The molecule has 1 fully saturated rings. The van der Waals surface area contributed by atoms with E-state index < -0.39 is 0 Å². The van der Waals surface area contributed by atoms with Gasteiger partial charge in [0.2, 0.25) is 0 Å². The lowest BCUT2D eigenvalue weighted by Gasteiger charge is -2.30. The van der Waals surface area contributed by atoms with Gasteiger partial charge in [-0.25, -0.2) is 0 Å². The molecule has 16 heavy (non-hydrogen) atoms. The Labute approximate surface area is 97.7 Å². The molecule has 0 aromatic heterocycles. The Morgan fingerprint density at radius 1 is 1.31 bits per heavy atom. The van der Waals surface area contributed by atoms with Crippen molar-refractivity contribution in [3.05, 3.63) is 35.9 Å². The van der Waals surface area contributed by atoms with Crippen molar-refractivity contribution in [3.63, 3.8) is 0 Å². The molecule has 0 radical (unpaired) electrons. The van der Waals surface area contributed by atoms with Gasteiger partial charge in [0.1, 0.15) is 0 Å². The lowest BCUT2D eigenvalue weighted by molar-refractivity contribution is 0.139. The maximum absolute atomic E-state index is 10.1. The number of hydrogen-bond acceptors (Lipinski definition) is 2. The first-order valence-corrected chi connectivity index (χ1v) is 6.25. The van der Waals surface area contributed by atoms with Gasteiger partial charge in [-0.3, -0.25) is 0 Å². The third-order valence-electron chi connectivity index (χ3n) is 3.40. The van der Waals surface area contributed by atoms with Gasteiger partial charge in [-0.15, -0.1) is 0 Å². The van der Waals surface area contributed by atoms with Crippen LogP contribution in [0.1, 0.15) is 44.3 Å². The van der Waals surface area contributed by atoms with Crippen molar-refractivity contribution in [3.8, 4) is 0 Å². The molecule has 0 unspecified atom stereocenters. The summed E-state index contributed by atoms with van der Waals surface area (Å²) in [7, 11) is 0. The molecule has 0 amide bonds. The highest BCUT2D eigenvalue weighted by Crippen LogP contribution is 2.23. The van der Waals surface area contributed by atoms with E-state index in [1.54, 1.807) is 0 Å². The normalized spacial score (nSPS) is 27.6. The van der Waals surface area contributed by atoms with Crippen LogP contribution in [0.3, 0.4) is 0 Å². The van der Waals surface area contributed by atoms with Gasteiger partial charge in [-0.05, 0) is 31.7 Å². The minimum atomic E-state index is -0.330. The fraction of sp³-hybridized carbons (Fsp3) is 0.571. The van der Waals surface area contributed by atoms with E-state index in [4.69, 9.17) is 0 Å². The van der Waals surface area contributed by atoms with Gasteiger partial charge in [0.25, 0.3) is 0 Å². The lowest BCUT2D eigenvalue weighted by Crippen LogP contribution is -2.41. The number of rotatable bonds is 3. The molecule has 1 aromatic carbocycles. The first-order chi connectivity index (χ1) is 7.75. The summed E-state index contributed by atoms with van der Waals surface area (Å²) in [6.07, 6.45) is 4.23. The van der Waals surface area contributed by atoms with Gasteiger partial charge < -0.3 is 10.4 Å². The fourth-order valence-electron chi connectivity index (χ4n) is 2.51. The number of aliphatic hydroxyl groups is 1. The van der Waals surface area contributed by atoms with Crippen LogP contribution in [0, 0.1) is 0 Å². The number of nitrogens with one attached hydrogen (secondary N) is 1. The van der Waals surface area contributed by atoms with Crippen LogP contribution < -0.4 is 5.32 Å². The second-order valence-corrected chi connectivity index (χ2v) is 4.86. The maximum Gasteiger partial charge on any atom is 0.0804 e. The zero-order chi connectivity index (χ0) is 11.4. The number of piperidine rings is 1. The minimum absolute atomic E-state index is 0.330. The number of hydrogen-bond donors (Lipinski definition) is 2. The van der Waals surface area contributed by atoms with Gasteiger partial charge in [0.05, 0.1) is 6.10 Å². The van der Waals surface area contributed by atoms with E-state index in [9.17, 15) is 5.11 Å². The van der Waals surface area contributed by atoms with E-state index >= 15 is 0 Å². The topological polar surface area (TPSA) is 32.3 Å². The molecule has 0 bridgehead atoms. The molecule has 0 spiro atoms. The van der Waals surface area contributed by atoms with E-state index in [-0.39, 0.29) is 6.10 Å². The molecule has 2 heteroatoms. The second-order valence-electron chi connectivity index (χ2n) is 4.86. The first-order valence-electron chi connectivity index (χ1n) is 6.25. The Morgan fingerprint density at radius 3 is 2.75 bits per heavy atom. The van der Waals surface area contributed by atoms with Gasteiger partial charge in [0.15, 0.2) is 0 Å². The highest BCUT2D eigenvalue weighted by Gasteiger charge is 2.20. The molecule has 1 aliphatic heterocycles. The van der Waals surface area contributed by atoms with E-state index in [0.29, 0.717) is 12.1 Å². The van der Waals surface area contributed by atoms with Gasteiger partial charge in [0, 0.05) is 12.1 Å². The van der Waals surface area contributed by atoms with E-state index in [1.807, 2.05) is 30.3 Å². The molecule has 0 aliphatic carbocycles. The van der Waals surface area contributed by atoms with E-state index in [1.165, 1.54) is 19.3 Å². The first kappa shape index (κ1) is 11.6. The van der Waals surface area contributed by atoms with Crippen LogP contribution in [0.15, 0.2) is 30.3 Å². The van der Waals surface area contributed by atoms with Crippen molar-refractivity contribution >= 4 is 0 Å². The predicted molar refractivity (Wildman–Crippen MR) is 66.3 cm³/mol. The summed E-state index contributed by atoms with van der Waals surface area (Å²) in [6, 6.07) is 11.0. The van der Waals surface area contributed by atoms with Crippen molar-refractivity contribution in [2.24, 2.45) is 0 Å². The van der Waals surface area contributed by atoms with Crippen LogP contribution in [-0.4, -0.2) is 17.2 Å². The average Bonchev–Trinajstić information content (AvgIpc) is 2.30. The highest BCUT2D eigenvalue weighted by atomic mass is 16.3.